The lowest BCUT2D eigenvalue weighted by Crippen LogP contribution is -2.03. The Labute approximate surface area is 84.2 Å². The Morgan fingerprint density at radius 3 is 2.54 bits per heavy atom. The molecule has 2 rings (SSSR count). The number of halogens is 1. The second kappa shape index (κ2) is 3.97. The summed E-state index contributed by atoms with van der Waals surface area (Å²) in [4.78, 5) is 0. The van der Waals surface area contributed by atoms with Crippen LogP contribution >= 0.6 is 11.6 Å². The van der Waals surface area contributed by atoms with E-state index in [1.54, 1.807) is 0 Å². The molecule has 13 heavy (non-hydrogen) atoms. The maximum atomic E-state index is 6.02. The number of hydrogen-bond acceptors (Lipinski definition) is 0. The Balaban J connectivity index is 2.19. The maximum Gasteiger partial charge on any atom is 0.0373 e. The third-order valence-electron chi connectivity index (χ3n) is 2.49. The lowest BCUT2D eigenvalue weighted by atomic mass is 9.93. The monoisotopic (exact) mass is 192 g/mol. The molecular formula is C12H13Cl. The van der Waals surface area contributed by atoms with Gasteiger partial charge in [-0.15, -0.1) is 11.6 Å². The largest absolute Gasteiger partial charge is 0.123 e. The predicted octanol–water partition coefficient (Wildman–Crippen LogP) is 3.86. The normalized spacial score (nSPS) is 22.5. The highest BCUT2D eigenvalue weighted by molar-refractivity contribution is 6.20. The summed E-state index contributed by atoms with van der Waals surface area (Å²) < 4.78 is 0. The summed E-state index contributed by atoms with van der Waals surface area (Å²) >= 11 is 6.02. The van der Waals surface area contributed by atoms with Gasteiger partial charge in [0.25, 0.3) is 0 Å². The van der Waals surface area contributed by atoms with Crippen molar-refractivity contribution in [3.8, 4) is 0 Å². The Morgan fingerprint density at radius 2 is 1.92 bits per heavy atom. The van der Waals surface area contributed by atoms with Gasteiger partial charge in [0.2, 0.25) is 0 Å². The second-order valence-electron chi connectivity index (χ2n) is 3.47. The summed E-state index contributed by atoms with van der Waals surface area (Å²) in [6.45, 7) is 0. The van der Waals surface area contributed by atoms with Crippen LogP contribution in [0.15, 0.2) is 36.4 Å². The average Bonchev–Trinajstić information content (AvgIpc) is 2.20. The first kappa shape index (κ1) is 8.83. The molecule has 0 amide bonds. The van der Waals surface area contributed by atoms with E-state index >= 15 is 0 Å². The van der Waals surface area contributed by atoms with Gasteiger partial charge in [-0.05, 0) is 30.4 Å². The van der Waals surface area contributed by atoms with Gasteiger partial charge in [0, 0.05) is 5.38 Å². The molecule has 1 unspecified atom stereocenters. The van der Waals surface area contributed by atoms with Crippen LogP contribution in [-0.4, -0.2) is 5.38 Å². The Morgan fingerprint density at radius 1 is 1.15 bits per heavy atom. The molecule has 0 N–H and O–H groups in total. The zero-order valence-corrected chi connectivity index (χ0v) is 8.30. The Hall–Kier alpha value is -0.750. The van der Waals surface area contributed by atoms with Crippen LogP contribution in [0.5, 0.6) is 0 Å². The SMILES string of the molecule is ClC1CC=C(c2ccccc2)CC1. The number of alkyl halides is 1. The van der Waals surface area contributed by atoms with Crippen molar-refractivity contribution in [3.63, 3.8) is 0 Å². The van der Waals surface area contributed by atoms with E-state index in [0.29, 0.717) is 5.38 Å². The van der Waals surface area contributed by atoms with Crippen molar-refractivity contribution in [1.82, 2.24) is 0 Å². The fourth-order valence-electron chi connectivity index (χ4n) is 1.72. The van der Waals surface area contributed by atoms with Gasteiger partial charge >= 0.3 is 0 Å². The molecule has 68 valence electrons. The summed E-state index contributed by atoms with van der Waals surface area (Å²) in [5.41, 5.74) is 2.81. The van der Waals surface area contributed by atoms with Crippen molar-refractivity contribution in [1.29, 1.82) is 0 Å². The second-order valence-corrected chi connectivity index (χ2v) is 4.08. The first-order valence-corrected chi connectivity index (χ1v) is 5.18. The third kappa shape index (κ3) is 2.13. The van der Waals surface area contributed by atoms with E-state index in [4.69, 9.17) is 11.6 Å². The average molecular weight is 193 g/mol. The summed E-state index contributed by atoms with van der Waals surface area (Å²) in [6.07, 6.45) is 5.53. The molecule has 0 spiro atoms. The summed E-state index contributed by atoms with van der Waals surface area (Å²) in [5.74, 6) is 0. The Kier molecular flexibility index (Phi) is 2.70. The van der Waals surface area contributed by atoms with Crippen LogP contribution in [0.2, 0.25) is 0 Å². The molecule has 1 aromatic rings. The number of hydrogen-bond donors (Lipinski definition) is 0. The van der Waals surface area contributed by atoms with Crippen molar-refractivity contribution in [2.75, 3.05) is 0 Å². The van der Waals surface area contributed by atoms with E-state index in [2.05, 4.69) is 36.4 Å². The van der Waals surface area contributed by atoms with Crippen molar-refractivity contribution >= 4 is 17.2 Å². The zero-order chi connectivity index (χ0) is 9.10. The number of allylic oxidation sites excluding steroid dienone is 2. The van der Waals surface area contributed by atoms with Gasteiger partial charge < -0.3 is 0 Å². The molecule has 1 atom stereocenters. The molecule has 1 aliphatic carbocycles. The van der Waals surface area contributed by atoms with E-state index < -0.39 is 0 Å². The fourth-order valence-corrected chi connectivity index (χ4v) is 1.91. The number of rotatable bonds is 1. The van der Waals surface area contributed by atoms with Crippen LogP contribution in [0, 0.1) is 0 Å². The quantitative estimate of drug-likeness (QED) is 0.593. The van der Waals surface area contributed by atoms with Crippen LogP contribution in [-0.2, 0) is 0 Å². The maximum absolute atomic E-state index is 6.02. The molecule has 0 saturated carbocycles. The van der Waals surface area contributed by atoms with Gasteiger partial charge in [0.1, 0.15) is 0 Å². The van der Waals surface area contributed by atoms with Crippen LogP contribution in [0.4, 0.5) is 0 Å². The van der Waals surface area contributed by atoms with Crippen molar-refractivity contribution in [2.24, 2.45) is 0 Å². The van der Waals surface area contributed by atoms with Gasteiger partial charge in [0.05, 0.1) is 0 Å². The molecule has 0 heterocycles. The van der Waals surface area contributed by atoms with Crippen LogP contribution < -0.4 is 0 Å². The van der Waals surface area contributed by atoms with E-state index in [9.17, 15) is 0 Å². The first-order chi connectivity index (χ1) is 6.36. The molecule has 0 nitrogen and oxygen atoms in total. The highest BCUT2D eigenvalue weighted by Gasteiger charge is 2.12. The van der Waals surface area contributed by atoms with E-state index in [1.807, 2.05) is 0 Å². The van der Waals surface area contributed by atoms with Gasteiger partial charge in [-0.25, -0.2) is 0 Å². The molecule has 1 aromatic carbocycles. The lowest BCUT2D eigenvalue weighted by molar-refractivity contribution is 0.751. The van der Waals surface area contributed by atoms with Gasteiger partial charge in [-0.3, -0.25) is 0 Å². The standard InChI is InChI=1S/C12H13Cl/c13-12-8-6-11(7-9-12)10-4-2-1-3-5-10/h1-6,12H,7-9H2. The summed E-state index contributed by atoms with van der Waals surface area (Å²) in [5, 5.41) is 0.354. The number of benzene rings is 1. The van der Waals surface area contributed by atoms with Crippen LogP contribution in [0.3, 0.4) is 0 Å². The van der Waals surface area contributed by atoms with Crippen LogP contribution in [0.1, 0.15) is 24.8 Å². The lowest BCUT2D eigenvalue weighted by Gasteiger charge is -2.16. The molecule has 0 fully saturated rings. The molecule has 1 heteroatoms. The molecular weight excluding hydrogens is 180 g/mol. The van der Waals surface area contributed by atoms with E-state index in [0.717, 1.165) is 19.3 Å². The predicted molar refractivity (Wildman–Crippen MR) is 57.9 cm³/mol. The van der Waals surface area contributed by atoms with Gasteiger partial charge in [0.15, 0.2) is 0 Å². The molecule has 0 saturated heterocycles. The van der Waals surface area contributed by atoms with E-state index in [1.165, 1.54) is 11.1 Å². The minimum absolute atomic E-state index is 0.354. The van der Waals surface area contributed by atoms with Gasteiger partial charge in [-0.1, -0.05) is 36.4 Å². The van der Waals surface area contributed by atoms with Crippen molar-refractivity contribution in [2.45, 2.75) is 24.6 Å². The van der Waals surface area contributed by atoms with E-state index in [-0.39, 0.29) is 0 Å². The van der Waals surface area contributed by atoms with Crippen molar-refractivity contribution in [3.05, 3.63) is 42.0 Å². The topological polar surface area (TPSA) is 0 Å². The molecule has 0 aliphatic heterocycles. The summed E-state index contributed by atoms with van der Waals surface area (Å²) in [7, 11) is 0. The third-order valence-corrected chi connectivity index (χ3v) is 2.89. The summed E-state index contributed by atoms with van der Waals surface area (Å²) in [6, 6.07) is 10.6. The minimum atomic E-state index is 0.354. The highest BCUT2D eigenvalue weighted by Crippen LogP contribution is 2.28. The highest BCUT2D eigenvalue weighted by atomic mass is 35.5. The van der Waals surface area contributed by atoms with Gasteiger partial charge in [-0.2, -0.15) is 0 Å². The minimum Gasteiger partial charge on any atom is -0.123 e. The Bertz CT molecular complexity index is 300. The fraction of sp³-hybridized carbons (Fsp3) is 0.333. The molecule has 0 bridgehead atoms. The van der Waals surface area contributed by atoms with Crippen LogP contribution in [0.25, 0.3) is 5.57 Å². The van der Waals surface area contributed by atoms with Crippen molar-refractivity contribution < 1.29 is 0 Å². The molecule has 1 aliphatic rings. The zero-order valence-electron chi connectivity index (χ0n) is 7.54. The smallest absolute Gasteiger partial charge is 0.0373 e. The molecule has 0 radical (unpaired) electrons. The first-order valence-electron chi connectivity index (χ1n) is 4.75. The molecule has 0 aromatic heterocycles.